The molecule has 0 aliphatic heterocycles. The average molecular weight is 312 g/mol. The van der Waals surface area contributed by atoms with E-state index in [2.05, 4.69) is 34.3 Å². The van der Waals surface area contributed by atoms with Gasteiger partial charge < -0.3 is 39.4 Å². The Morgan fingerprint density at radius 3 is 2.00 bits per heavy atom. The summed E-state index contributed by atoms with van der Waals surface area (Å²) in [7, 11) is 0. The van der Waals surface area contributed by atoms with Gasteiger partial charge in [0.15, 0.2) is 0 Å². The molecule has 0 aliphatic rings. The predicted molar refractivity (Wildman–Crippen MR) is 55.2 cm³/mol. The van der Waals surface area contributed by atoms with Gasteiger partial charge in [-0.2, -0.15) is 0 Å². The fourth-order valence-electron chi connectivity index (χ4n) is 0.657. The molecule has 0 aromatic carbocycles. The van der Waals surface area contributed by atoms with E-state index in [-0.39, 0.29) is 126 Å². The van der Waals surface area contributed by atoms with Crippen molar-refractivity contribution in [3.63, 3.8) is 0 Å². The van der Waals surface area contributed by atoms with E-state index in [1.165, 1.54) is 0 Å². The quantitative estimate of drug-likeness (QED) is 0.126. The molecule has 0 saturated carbocycles. The second-order valence-electron chi connectivity index (χ2n) is 2.10. The first kappa shape index (κ1) is 23.5. The molecule has 4 nitrogen and oxygen atoms in total. The minimum atomic E-state index is -0.828. The van der Waals surface area contributed by atoms with E-state index in [1.54, 1.807) is 13.8 Å². The molecule has 0 saturated heterocycles. The monoisotopic (exact) mass is 312 g/mol. The van der Waals surface area contributed by atoms with Crippen molar-refractivity contribution < 1.29 is 122 Å². The van der Waals surface area contributed by atoms with Crippen molar-refractivity contribution in [3.8, 4) is 0 Å². The minimum absolute atomic E-state index is 0. The Morgan fingerprint density at radius 1 is 1.25 bits per heavy atom. The van der Waals surface area contributed by atoms with Crippen LogP contribution in [0, 0.1) is 0 Å². The summed E-state index contributed by atoms with van der Waals surface area (Å²) in [5.74, 6) is -1.66. The Bertz CT molecular complexity index is 269. The molecular weight excluding hydrogens is 302 g/mol. The summed E-state index contributed by atoms with van der Waals surface area (Å²) in [5.41, 5.74) is -0.376. The zero-order chi connectivity index (χ0) is 11.1. The van der Waals surface area contributed by atoms with Crippen molar-refractivity contribution in [1.82, 2.24) is 0 Å². The van der Waals surface area contributed by atoms with Gasteiger partial charge in [-0.05, 0) is 13.5 Å². The average Bonchev–Trinajstić information content (AvgIpc) is 2.04. The van der Waals surface area contributed by atoms with Crippen LogP contribution in [-0.2, 0) is 26.9 Å². The number of carbonyl (C=O) groups excluding carboxylic acids is 1. The summed E-state index contributed by atoms with van der Waals surface area (Å²) < 4.78 is 8.97. The van der Waals surface area contributed by atoms with Gasteiger partial charge in [-0.15, -0.1) is 4.20 Å². The van der Waals surface area contributed by atoms with Crippen molar-refractivity contribution in [2.75, 3.05) is 13.2 Å². The van der Waals surface area contributed by atoms with Gasteiger partial charge in [-0.1, -0.05) is 6.92 Å². The van der Waals surface area contributed by atoms with Crippen LogP contribution in [0.2, 0.25) is 0 Å². The first-order valence-corrected chi connectivity index (χ1v) is 4.78. The van der Waals surface area contributed by atoms with Crippen LogP contribution in [0.4, 0.5) is 0 Å². The number of carbonyl (C=O) groups is 1. The van der Waals surface area contributed by atoms with Gasteiger partial charge in [-0.25, -0.2) is 4.79 Å². The first-order valence-electron chi connectivity index (χ1n) is 3.97. The number of ether oxygens (including phenoxy) is 2. The molecule has 0 amide bonds. The summed E-state index contributed by atoms with van der Waals surface area (Å²) in [5, 5.41) is 11.2. The van der Waals surface area contributed by atoms with E-state index in [0.29, 0.717) is 0 Å². The van der Waals surface area contributed by atoms with E-state index < -0.39 is 11.9 Å². The van der Waals surface area contributed by atoms with Crippen LogP contribution in [0.25, 0.3) is 0 Å². The maximum absolute atomic E-state index is 11.2. The Balaban J connectivity index is -0.000000845. The SMILES string of the molecule is CCOC(=O)/C(C(=S)[S-])=C(/[O-])OCC.[K+].[K+]. The maximum Gasteiger partial charge on any atom is 1.00 e. The zero-order valence-corrected chi connectivity index (χ0v) is 17.7. The van der Waals surface area contributed by atoms with Crippen LogP contribution in [0.5, 0.6) is 0 Å². The van der Waals surface area contributed by atoms with Gasteiger partial charge in [0.2, 0.25) is 0 Å². The third kappa shape index (κ3) is 9.34. The molecule has 0 spiro atoms. The van der Waals surface area contributed by atoms with E-state index in [4.69, 9.17) is 0 Å². The first-order chi connectivity index (χ1) is 6.54. The molecule has 80 valence electrons. The van der Waals surface area contributed by atoms with Crippen molar-refractivity contribution in [2.24, 2.45) is 0 Å². The summed E-state index contributed by atoms with van der Waals surface area (Å²) in [6, 6.07) is 0. The van der Waals surface area contributed by atoms with Gasteiger partial charge in [0, 0.05) is 0 Å². The van der Waals surface area contributed by atoms with Gasteiger partial charge in [0.25, 0.3) is 0 Å². The van der Waals surface area contributed by atoms with Gasteiger partial charge in [0.05, 0.1) is 18.1 Å². The topological polar surface area (TPSA) is 58.6 Å². The third-order valence-electron chi connectivity index (χ3n) is 1.16. The largest absolute Gasteiger partial charge is 1.00 e. The van der Waals surface area contributed by atoms with E-state index in [9.17, 15) is 9.90 Å². The Labute approximate surface area is 191 Å². The molecule has 0 bridgehead atoms. The molecule has 0 radical (unpaired) electrons. The van der Waals surface area contributed by atoms with Crippen LogP contribution < -0.4 is 108 Å². The fraction of sp³-hybridized carbons (Fsp3) is 0.500. The Kier molecular flexibility index (Phi) is 20.3. The van der Waals surface area contributed by atoms with E-state index in [0.717, 1.165) is 0 Å². The van der Waals surface area contributed by atoms with Crippen LogP contribution in [0.15, 0.2) is 11.5 Å². The van der Waals surface area contributed by atoms with Crippen LogP contribution in [0.3, 0.4) is 0 Å². The van der Waals surface area contributed by atoms with Crippen molar-refractivity contribution in [2.45, 2.75) is 13.8 Å². The van der Waals surface area contributed by atoms with Crippen molar-refractivity contribution >= 4 is 35.0 Å². The molecule has 0 aromatic rings. The maximum atomic E-state index is 11.2. The van der Waals surface area contributed by atoms with Crippen LogP contribution in [0.1, 0.15) is 13.8 Å². The standard InChI is InChI=1S/C8H12O4S2.2K/c1-3-11-6(9)5(8(13)14)7(10)12-4-2;;/h9H,3-4H2,1-2H3,(H,13,14);;/q;2*+1/p-2/b6-5+;;. The summed E-state index contributed by atoms with van der Waals surface area (Å²) >= 11 is 9.15. The number of esters is 1. The number of thiocarbonyl (C=S) groups is 1. The smallest absolute Gasteiger partial charge is 0.613 e. The molecule has 16 heavy (non-hydrogen) atoms. The summed E-state index contributed by atoms with van der Waals surface area (Å²) in [4.78, 5) is 11.2. The molecular formula is C8H10K2O4S2. The molecule has 0 N–H and O–H groups in total. The molecule has 0 heterocycles. The second-order valence-corrected chi connectivity index (χ2v) is 3.18. The number of hydrogen-bond donors (Lipinski definition) is 0. The van der Waals surface area contributed by atoms with Gasteiger partial charge >= 0.3 is 109 Å². The summed E-state index contributed by atoms with van der Waals surface area (Å²) in [6.45, 7) is 3.54. The fourth-order valence-corrected chi connectivity index (χ4v) is 0.990. The Hall–Kier alpha value is 2.39. The third-order valence-corrected chi connectivity index (χ3v) is 1.57. The minimum Gasteiger partial charge on any atom is -0.613 e. The normalized spacial score (nSPS) is 10.1. The number of rotatable bonds is 5. The van der Waals surface area contributed by atoms with E-state index >= 15 is 0 Å². The molecule has 0 atom stereocenters. The molecule has 0 fully saturated rings. The van der Waals surface area contributed by atoms with Crippen LogP contribution in [-0.4, -0.2) is 23.4 Å². The second kappa shape index (κ2) is 13.8. The van der Waals surface area contributed by atoms with Crippen LogP contribution >= 0.6 is 12.2 Å². The van der Waals surface area contributed by atoms with Crippen molar-refractivity contribution in [3.05, 3.63) is 11.5 Å². The molecule has 0 unspecified atom stereocenters. The Morgan fingerprint density at radius 2 is 1.69 bits per heavy atom. The molecule has 0 aliphatic carbocycles. The van der Waals surface area contributed by atoms with Gasteiger partial charge in [-0.3, -0.25) is 0 Å². The zero-order valence-electron chi connectivity index (χ0n) is 9.86. The van der Waals surface area contributed by atoms with Gasteiger partial charge in [0.1, 0.15) is 0 Å². The number of hydrogen-bond acceptors (Lipinski definition) is 6. The predicted octanol–water partition coefficient (Wildman–Crippen LogP) is -5.96. The summed E-state index contributed by atoms with van der Waals surface area (Å²) in [6.07, 6.45) is 0. The molecule has 8 heteroatoms. The van der Waals surface area contributed by atoms with E-state index in [1.807, 2.05) is 0 Å². The van der Waals surface area contributed by atoms with Crippen molar-refractivity contribution in [1.29, 1.82) is 0 Å². The molecule has 0 aromatic heterocycles. The molecule has 0 rings (SSSR count).